The lowest BCUT2D eigenvalue weighted by atomic mass is 9.90. The zero-order valence-corrected chi connectivity index (χ0v) is 14.5. The number of hydrogen-bond acceptors (Lipinski definition) is 3. The molecule has 0 saturated carbocycles. The molecule has 1 fully saturated rings. The van der Waals surface area contributed by atoms with E-state index >= 15 is 0 Å². The summed E-state index contributed by atoms with van der Waals surface area (Å²) in [7, 11) is 0. The summed E-state index contributed by atoms with van der Waals surface area (Å²) in [5.41, 5.74) is 1.83. The fourth-order valence-electron chi connectivity index (χ4n) is 3.10. The summed E-state index contributed by atoms with van der Waals surface area (Å²) in [6, 6.07) is 7.75. The van der Waals surface area contributed by atoms with Gasteiger partial charge in [-0.05, 0) is 50.5 Å². The summed E-state index contributed by atoms with van der Waals surface area (Å²) in [5.74, 6) is 0. The Morgan fingerprint density at radius 3 is 2.78 bits per heavy atom. The second-order valence-corrected chi connectivity index (χ2v) is 7.49. The molecule has 0 spiro atoms. The van der Waals surface area contributed by atoms with Crippen molar-refractivity contribution in [1.82, 2.24) is 4.90 Å². The third-order valence-electron chi connectivity index (χ3n) is 4.00. The van der Waals surface area contributed by atoms with Gasteiger partial charge in [-0.15, -0.1) is 0 Å². The van der Waals surface area contributed by atoms with Gasteiger partial charge in [0.1, 0.15) is 5.60 Å². The predicted octanol–water partition coefficient (Wildman–Crippen LogP) is 4.13. The van der Waals surface area contributed by atoms with Crippen LogP contribution in [-0.4, -0.2) is 41.9 Å². The van der Waals surface area contributed by atoms with E-state index < -0.39 is 5.60 Å². The largest absolute Gasteiger partial charge is 0.444 e. The Hall–Kier alpha value is -1.52. The Balaban J connectivity index is 1.86. The van der Waals surface area contributed by atoms with E-state index in [-0.39, 0.29) is 18.2 Å². The Bertz CT molecular complexity index is 635. The Labute approximate surface area is 142 Å². The number of nitrogens with zero attached hydrogens (tertiary/aromatic N) is 1. The van der Waals surface area contributed by atoms with Crippen molar-refractivity contribution in [2.45, 2.75) is 44.9 Å². The highest BCUT2D eigenvalue weighted by atomic mass is 35.5. The molecule has 0 N–H and O–H groups in total. The lowest BCUT2D eigenvalue weighted by molar-refractivity contribution is -0.0510. The van der Waals surface area contributed by atoms with E-state index in [2.05, 4.69) is 12.1 Å². The molecule has 0 aliphatic carbocycles. The maximum atomic E-state index is 12.5. The molecule has 2 heterocycles. The molecular formula is C18H22ClNO3. The average molecular weight is 336 g/mol. The zero-order chi connectivity index (χ0) is 16.6. The summed E-state index contributed by atoms with van der Waals surface area (Å²) in [5, 5.41) is 0.722. The van der Waals surface area contributed by atoms with E-state index in [4.69, 9.17) is 21.1 Å². The van der Waals surface area contributed by atoms with Crippen molar-refractivity contribution in [3.8, 4) is 0 Å². The molecule has 2 aliphatic heterocycles. The highest BCUT2D eigenvalue weighted by Gasteiger charge is 2.40. The first-order valence-electron chi connectivity index (χ1n) is 7.89. The molecule has 0 radical (unpaired) electrons. The summed E-state index contributed by atoms with van der Waals surface area (Å²) >= 11 is 6.10. The van der Waals surface area contributed by atoms with Gasteiger partial charge in [0.2, 0.25) is 0 Å². The summed E-state index contributed by atoms with van der Waals surface area (Å²) in [6.45, 7) is 6.69. The Morgan fingerprint density at radius 1 is 1.35 bits per heavy atom. The van der Waals surface area contributed by atoms with E-state index in [0.29, 0.717) is 13.2 Å². The fraction of sp³-hybridized carbons (Fsp3) is 0.500. The van der Waals surface area contributed by atoms with Crippen LogP contribution in [0.1, 0.15) is 32.8 Å². The SMILES string of the molecule is CC(C)(C)OC(=O)N1C2C=C(c3cccc(Cl)c3)CC1COC2. The maximum Gasteiger partial charge on any atom is 0.411 e. The van der Waals surface area contributed by atoms with Gasteiger partial charge in [0.05, 0.1) is 25.3 Å². The lowest BCUT2D eigenvalue weighted by Gasteiger charge is -2.44. The monoisotopic (exact) mass is 335 g/mol. The molecule has 1 saturated heterocycles. The van der Waals surface area contributed by atoms with Crippen LogP contribution >= 0.6 is 11.6 Å². The number of carbonyl (C=O) groups is 1. The predicted molar refractivity (Wildman–Crippen MR) is 90.5 cm³/mol. The molecule has 3 rings (SSSR count). The van der Waals surface area contributed by atoms with Crippen molar-refractivity contribution >= 4 is 23.3 Å². The van der Waals surface area contributed by atoms with E-state index in [1.165, 1.54) is 5.57 Å². The normalized spacial score (nSPS) is 24.2. The van der Waals surface area contributed by atoms with Crippen molar-refractivity contribution in [2.24, 2.45) is 0 Å². The molecule has 2 unspecified atom stereocenters. The van der Waals surface area contributed by atoms with Gasteiger partial charge in [0.15, 0.2) is 0 Å². The minimum atomic E-state index is -0.497. The van der Waals surface area contributed by atoms with Crippen LogP contribution in [0.2, 0.25) is 5.02 Å². The molecule has 2 bridgehead atoms. The third-order valence-corrected chi connectivity index (χ3v) is 4.23. The van der Waals surface area contributed by atoms with Crippen LogP contribution < -0.4 is 0 Å². The molecule has 4 nitrogen and oxygen atoms in total. The molecule has 5 heteroatoms. The highest BCUT2D eigenvalue weighted by molar-refractivity contribution is 6.30. The fourth-order valence-corrected chi connectivity index (χ4v) is 3.29. The quantitative estimate of drug-likeness (QED) is 0.774. The first-order valence-corrected chi connectivity index (χ1v) is 8.27. The molecule has 1 aromatic rings. The number of ether oxygens (including phenoxy) is 2. The van der Waals surface area contributed by atoms with Crippen LogP contribution in [0.3, 0.4) is 0 Å². The van der Waals surface area contributed by atoms with Crippen molar-refractivity contribution in [2.75, 3.05) is 13.2 Å². The molecule has 2 atom stereocenters. The van der Waals surface area contributed by atoms with Gasteiger partial charge < -0.3 is 9.47 Å². The van der Waals surface area contributed by atoms with E-state index in [1.54, 1.807) is 0 Å². The van der Waals surface area contributed by atoms with Gasteiger partial charge >= 0.3 is 6.09 Å². The van der Waals surface area contributed by atoms with Crippen molar-refractivity contribution < 1.29 is 14.3 Å². The Morgan fingerprint density at radius 2 is 2.13 bits per heavy atom. The molecule has 1 amide bonds. The maximum absolute atomic E-state index is 12.5. The molecule has 0 aromatic heterocycles. The Kier molecular flexibility index (Phi) is 4.39. The topological polar surface area (TPSA) is 38.8 Å². The average Bonchev–Trinajstić information content (AvgIpc) is 2.44. The molecule has 124 valence electrons. The van der Waals surface area contributed by atoms with Crippen molar-refractivity contribution in [3.63, 3.8) is 0 Å². The number of morpholine rings is 1. The molecule has 23 heavy (non-hydrogen) atoms. The van der Waals surface area contributed by atoms with Gasteiger partial charge in [-0.1, -0.05) is 29.8 Å². The van der Waals surface area contributed by atoms with Crippen LogP contribution in [0.25, 0.3) is 5.57 Å². The molecule has 1 aromatic carbocycles. The van der Waals surface area contributed by atoms with E-state index in [0.717, 1.165) is 17.0 Å². The van der Waals surface area contributed by atoms with Gasteiger partial charge in [0.25, 0.3) is 0 Å². The van der Waals surface area contributed by atoms with Crippen molar-refractivity contribution in [1.29, 1.82) is 0 Å². The zero-order valence-electron chi connectivity index (χ0n) is 13.7. The van der Waals surface area contributed by atoms with Crippen LogP contribution in [-0.2, 0) is 9.47 Å². The number of rotatable bonds is 1. The number of hydrogen-bond donors (Lipinski definition) is 0. The van der Waals surface area contributed by atoms with Crippen LogP contribution in [0.15, 0.2) is 30.3 Å². The smallest absolute Gasteiger partial charge is 0.411 e. The number of amides is 1. The summed E-state index contributed by atoms with van der Waals surface area (Å²) < 4.78 is 11.2. The highest BCUT2D eigenvalue weighted by Crippen LogP contribution is 2.34. The first-order chi connectivity index (χ1) is 10.8. The van der Waals surface area contributed by atoms with E-state index in [1.807, 2.05) is 43.9 Å². The molecule has 2 aliphatic rings. The summed E-state index contributed by atoms with van der Waals surface area (Å²) in [6.07, 6.45) is 2.58. The van der Waals surface area contributed by atoms with Gasteiger partial charge in [0, 0.05) is 5.02 Å². The van der Waals surface area contributed by atoms with Crippen LogP contribution in [0.4, 0.5) is 4.79 Å². The van der Waals surface area contributed by atoms with Gasteiger partial charge in [-0.3, -0.25) is 4.90 Å². The summed E-state index contributed by atoms with van der Waals surface area (Å²) in [4.78, 5) is 14.3. The number of benzene rings is 1. The second kappa shape index (κ2) is 6.17. The van der Waals surface area contributed by atoms with Crippen LogP contribution in [0, 0.1) is 0 Å². The second-order valence-electron chi connectivity index (χ2n) is 7.05. The molecular weight excluding hydrogens is 314 g/mol. The number of carbonyl (C=O) groups excluding carboxylic acids is 1. The number of fused-ring (bicyclic) bond motifs is 2. The minimum Gasteiger partial charge on any atom is -0.444 e. The van der Waals surface area contributed by atoms with Gasteiger partial charge in [-0.2, -0.15) is 0 Å². The van der Waals surface area contributed by atoms with Crippen molar-refractivity contribution in [3.05, 3.63) is 40.9 Å². The third kappa shape index (κ3) is 3.70. The van der Waals surface area contributed by atoms with E-state index in [9.17, 15) is 4.79 Å². The number of halogens is 1. The minimum absolute atomic E-state index is 0.00239. The van der Waals surface area contributed by atoms with Crippen LogP contribution in [0.5, 0.6) is 0 Å². The first kappa shape index (κ1) is 16.3. The lowest BCUT2D eigenvalue weighted by Crippen LogP contribution is -2.57. The standard InChI is InChI=1S/C18H22ClNO3/c1-18(2,3)23-17(21)20-15-8-13(9-16(20)11-22-10-15)12-5-4-6-14(19)7-12/h4-8,15-16H,9-11H2,1-3H3. The van der Waals surface area contributed by atoms with Gasteiger partial charge in [-0.25, -0.2) is 4.79 Å².